The highest BCUT2D eigenvalue weighted by Crippen LogP contribution is 2.63. The Kier molecular flexibility index (Phi) is 5.30. The Labute approximate surface area is 233 Å². The summed E-state index contributed by atoms with van der Waals surface area (Å²) in [5, 5.41) is 15.6. The Balaban J connectivity index is 1.39. The molecular weight excluding hydrogens is 524 g/mol. The van der Waals surface area contributed by atoms with Crippen LogP contribution in [-0.4, -0.2) is 28.9 Å². The summed E-state index contributed by atoms with van der Waals surface area (Å²) < 4.78 is 5.41. The van der Waals surface area contributed by atoms with E-state index in [0.29, 0.717) is 5.76 Å². The van der Waals surface area contributed by atoms with Crippen LogP contribution < -0.4 is 10.3 Å². The Hall–Kier alpha value is -5.38. The lowest BCUT2D eigenvalue weighted by atomic mass is 9.47. The molecule has 1 aliphatic heterocycles. The van der Waals surface area contributed by atoms with Crippen molar-refractivity contribution in [3.8, 4) is 0 Å². The van der Waals surface area contributed by atoms with Gasteiger partial charge in [-0.2, -0.15) is 5.10 Å². The van der Waals surface area contributed by atoms with Gasteiger partial charge in [-0.25, -0.2) is 10.3 Å². The molecule has 1 N–H and O–H groups in total. The maximum absolute atomic E-state index is 14.3. The van der Waals surface area contributed by atoms with E-state index in [1.165, 1.54) is 24.3 Å². The van der Waals surface area contributed by atoms with Crippen LogP contribution in [0.1, 0.15) is 44.5 Å². The molecule has 4 aliphatic rings. The first-order valence-electron chi connectivity index (χ1n) is 13.0. The first-order chi connectivity index (χ1) is 19.8. The molecule has 202 valence electrons. The normalized spacial score (nSPS) is 23.8. The average Bonchev–Trinajstić information content (AvgIpc) is 3.54. The van der Waals surface area contributed by atoms with Gasteiger partial charge in [0.25, 0.3) is 5.69 Å². The number of rotatable bonds is 5. The summed E-state index contributed by atoms with van der Waals surface area (Å²) in [7, 11) is 0. The summed E-state index contributed by atoms with van der Waals surface area (Å²) in [6, 6.07) is 24.0. The molecule has 1 fully saturated rings. The summed E-state index contributed by atoms with van der Waals surface area (Å²) in [6.07, 6.45) is 1.57. The quantitative estimate of drug-likeness (QED) is 0.170. The molecule has 0 unspecified atom stereocenters. The molecule has 41 heavy (non-hydrogen) atoms. The SMILES string of the molecule is Cc1ccc(C(=O)N/N=C\C23c4ccccc4C(c4ccccc42)[C@@H]2C(=O)N(c4ccc([N+](=O)[O-])cc4)C(=O)[C@H]23)o1. The van der Waals surface area contributed by atoms with Crippen molar-refractivity contribution in [2.45, 2.75) is 18.3 Å². The summed E-state index contributed by atoms with van der Waals surface area (Å²) in [4.78, 5) is 53.0. The fourth-order valence-electron chi connectivity index (χ4n) is 6.83. The average molecular weight is 547 g/mol. The number of hydrazone groups is 1. The minimum atomic E-state index is -1.17. The number of nitro groups is 1. The smallest absolute Gasteiger partial charge is 0.307 e. The number of furan rings is 1. The third-order valence-electron chi connectivity index (χ3n) is 8.40. The number of nitrogens with one attached hydrogen (secondary N) is 1. The lowest BCUT2D eigenvalue weighted by Crippen LogP contribution is -2.54. The zero-order chi connectivity index (χ0) is 28.5. The van der Waals surface area contributed by atoms with Gasteiger partial charge in [0.1, 0.15) is 5.76 Å². The van der Waals surface area contributed by atoms with E-state index in [9.17, 15) is 24.5 Å². The van der Waals surface area contributed by atoms with Crippen LogP contribution in [0.4, 0.5) is 11.4 Å². The number of hydrogen-bond acceptors (Lipinski definition) is 7. The van der Waals surface area contributed by atoms with Crippen LogP contribution in [0.5, 0.6) is 0 Å². The maximum atomic E-state index is 14.3. The third kappa shape index (κ3) is 3.37. The fraction of sp³-hybridized carbons (Fsp3) is 0.161. The molecule has 8 rings (SSSR count). The van der Waals surface area contributed by atoms with Crippen molar-refractivity contribution < 1.29 is 23.7 Å². The van der Waals surface area contributed by atoms with E-state index in [2.05, 4.69) is 10.5 Å². The van der Waals surface area contributed by atoms with Crippen molar-refractivity contribution in [3.63, 3.8) is 0 Å². The van der Waals surface area contributed by atoms with E-state index in [-0.39, 0.29) is 29.0 Å². The van der Waals surface area contributed by atoms with Crippen LogP contribution in [-0.2, 0) is 15.0 Å². The second-order valence-electron chi connectivity index (χ2n) is 10.4. The van der Waals surface area contributed by atoms with E-state index in [4.69, 9.17) is 4.42 Å². The molecule has 2 heterocycles. The molecule has 0 spiro atoms. The molecule has 10 heteroatoms. The van der Waals surface area contributed by atoms with Gasteiger partial charge in [-0.15, -0.1) is 0 Å². The molecule has 0 saturated carbocycles. The first-order valence-corrected chi connectivity index (χ1v) is 13.0. The topological polar surface area (TPSA) is 135 Å². The van der Waals surface area contributed by atoms with E-state index < -0.39 is 34.0 Å². The molecular formula is C31H22N4O6. The Morgan fingerprint density at radius 2 is 1.59 bits per heavy atom. The van der Waals surface area contributed by atoms with Crippen molar-refractivity contribution >= 4 is 35.3 Å². The summed E-state index contributed by atoms with van der Waals surface area (Å²) in [5.41, 5.74) is 4.99. The third-order valence-corrected chi connectivity index (χ3v) is 8.40. The first kappa shape index (κ1) is 24.6. The van der Waals surface area contributed by atoms with Crippen LogP contribution in [0.25, 0.3) is 0 Å². The van der Waals surface area contributed by atoms with Gasteiger partial charge in [0.15, 0.2) is 5.76 Å². The van der Waals surface area contributed by atoms with Crippen molar-refractivity contribution in [2.24, 2.45) is 16.9 Å². The monoisotopic (exact) mass is 546 g/mol. The number of nitrogens with zero attached hydrogens (tertiary/aromatic N) is 3. The van der Waals surface area contributed by atoms with Crippen molar-refractivity contribution in [3.05, 3.63) is 129 Å². The highest BCUT2D eigenvalue weighted by atomic mass is 16.6. The maximum Gasteiger partial charge on any atom is 0.307 e. The summed E-state index contributed by atoms with van der Waals surface area (Å²) in [6.45, 7) is 1.73. The highest BCUT2D eigenvalue weighted by Gasteiger charge is 2.68. The van der Waals surface area contributed by atoms with E-state index in [0.717, 1.165) is 27.2 Å². The number of carbonyl (C=O) groups is 3. The van der Waals surface area contributed by atoms with Crippen molar-refractivity contribution in [1.29, 1.82) is 0 Å². The number of non-ortho nitro benzene ring substituents is 1. The number of imide groups is 1. The van der Waals surface area contributed by atoms with Gasteiger partial charge in [0.2, 0.25) is 11.8 Å². The molecule has 1 aromatic heterocycles. The Bertz CT molecular complexity index is 1760. The number of amides is 3. The Morgan fingerprint density at radius 3 is 2.17 bits per heavy atom. The number of nitro benzene ring substituents is 1. The van der Waals surface area contributed by atoms with Crippen LogP contribution in [0, 0.1) is 28.9 Å². The number of benzene rings is 3. The zero-order valence-electron chi connectivity index (χ0n) is 21.7. The van der Waals surface area contributed by atoms with Gasteiger partial charge >= 0.3 is 5.91 Å². The van der Waals surface area contributed by atoms with Gasteiger partial charge in [0.05, 0.1) is 27.9 Å². The lowest BCUT2D eigenvalue weighted by molar-refractivity contribution is -0.384. The number of aryl methyl sites for hydroxylation is 1. The van der Waals surface area contributed by atoms with E-state index in [1.807, 2.05) is 48.5 Å². The predicted octanol–water partition coefficient (Wildman–Crippen LogP) is 4.46. The van der Waals surface area contributed by atoms with E-state index >= 15 is 0 Å². The van der Waals surface area contributed by atoms with Gasteiger partial charge in [-0.1, -0.05) is 48.5 Å². The molecule has 3 amide bonds. The van der Waals surface area contributed by atoms with Crippen LogP contribution >= 0.6 is 0 Å². The minimum absolute atomic E-state index is 0.0969. The van der Waals surface area contributed by atoms with Gasteiger partial charge in [0, 0.05) is 24.3 Å². The second kappa shape index (κ2) is 8.82. The standard InChI is InChI=1S/C31H22N4O6/c1-17-10-15-24(41-17)28(36)33-32-16-31-22-8-4-2-6-20(22)25(21-7-3-5-9-23(21)31)26-27(31)30(38)34(29(26)37)18-11-13-19(14-12-18)35(39)40/h2-16,25-27H,1H3,(H,33,36)/b32-16-/t25?,26-,27-,31?/m0/s1. The zero-order valence-corrected chi connectivity index (χ0v) is 21.7. The van der Waals surface area contributed by atoms with Gasteiger partial charge in [-0.3, -0.25) is 24.5 Å². The summed E-state index contributed by atoms with van der Waals surface area (Å²) in [5.74, 6) is -2.64. The molecule has 10 nitrogen and oxygen atoms in total. The fourth-order valence-corrected chi connectivity index (χ4v) is 6.83. The number of anilines is 1. The van der Waals surface area contributed by atoms with E-state index in [1.54, 1.807) is 25.3 Å². The largest absolute Gasteiger partial charge is 0.456 e. The van der Waals surface area contributed by atoms with Gasteiger partial charge < -0.3 is 4.42 Å². The lowest BCUT2D eigenvalue weighted by Gasteiger charge is -2.52. The molecule has 3 aromatic carbocycles. The molecule has 1 saturated heterocycles. The second-order valence-corrected chi connectivity index (χ2v) is 10.4. The van der Waals surface area contributed by atoms with Crippen LogP contribution in [0.3, 0.4) is 0 Å². The predicted molar refractivity (Wildman–Crippen MR) is 147 cm³/mol. The van der Waals surface area contributed by atoms with Crippen molar-refractivity contribution in [2.75, 3.05) is 4.90 Å². The minimum Gasteiger partial charge on any atom is -0.456 e. The molecule has 2 atom stereocenters. The van der Waals surface area contributed by atoms with Crippen LogP contribution in [0.2, 0.25) is 0 Å². The number of carbonyl (C=O) groups excluding carboxylic acids is 3. The van der Waals surface area contributed by atoms with Crippen molar-refractivity contribution in [1.82, 2.24) is 5.43 Å². The molecule has 3 aliphatic carbocycles. The molecule has 0 radical (unpaired) electrons. The molecule has 4 aromatic rings. The molecule has 2 bridgehead atoms. The van der Waals surface area contributed by atoms with Gasteiger partial charge in [-0.05, 0) is 53.4 Å². The highest BCUT2D eigenvalue weighted by molar-refractivity contribution is 6.25. The summed E-state index contributed by atoms with van der Waals surface area (Å²) >= 11 is 0. The van der Waals surface area contributed by atoms with Crippen LogP contribution in [0.15, 0.2) is 94.4 Å². The Morgan fingerprint density at radius 1 is 0.951 bits per heavy atom. The number of hydrogen-bond donors (Lipinski definition) is 1.